The summed E-state index contributed by atoms with van der Waals surface area (Å²) in [6.45, 7) is 4.06. The molecule has 80 valence electrons. The van der Waals surface area contributed by atoms with Crippen molar-refractivity contribution in [3.05, 3.63) is 0 Å². The van der Waals surface area contributed by atoms with E-state index in [0.29, 0.717) is 0 Å². The van der Waals surface area contributed by atoms with Crippen molar-refractivity contribution in [3.63, 3.8) is 0 Å². The summed E-state index contributed by atoms with van der Waals surface area (Å²) in [6.07, 6.45) is 1.70. The first-order chi connectivity index (χ1) is 6.46. The standard InChI is InChI=1S/C9H16N2O3/c1-6(7(12)13)11-8(14)9(2)4-3-5-10-9/h6,10H,3-5H2,1-2H3,(H,11,14)(H,12,13)/t6-,9?/m1/s1. The van der Waals surface area contributed by atoms with Crippen molar-refractivity contribution in [2.75, 3.05) is 6.54 Å². The van der Waals surface area contributed by atoms with Crippen LogP contribution in [0.25, 0.3) is 0 Å². The molecular formula is C9H16N2O3. The molecule has 3 N–H and O–H groups in total. The summed E-state index contributed by atoms with van der Waals surface area (Å²) >= 11 is 0. The van der Waals surface area contributed by atoms with Crippen LogP contribution in [0.4, 0.5) is 0 Å². The summed E-state index contributed by atoms with van der Waals surface area (Å²) in [5.41, 5.74) is -0.594. The van der Waals surface area contributed by atoms with Crippen LogP contribution in [0.3, 0.4) is 0 Å². The molecule has 0 aromatic carbocycles. The highest BCUT2D eigenvalue weighted by molar-refractivity contribution is 5.89. The maximum absolute atomic E-state index is 11.6. The fourth-order valence-corrected chi connectivity index (χ4v) is 1.51. The zero-order valence-corrected chi connectivity index (χ0v) is 8.46. The van der Waals surface area contributed by atoms with E-state index in [0.717, 1.165) is 19.4 Å². The molecule has 0 saturated carbocycles. The van der Waals surface area contributed by atoms with Gasteiger partial charge in [-0.3, -0.25) is 9.59 Å². The number of nitrogens with one attached hydrogen (secondary N) is 2. The predicted octanol–water partition coefficient (Wildman–Crippen LogP) is -0.282. The Morgan fingerprint density at radius 1 is 1.57 bits per heavy atom. The Morgan fingerprint density at radius 3 is 2.64 bits per heavy atom. The number of carboxylic acid groups (broad SMARTS) is 1. The van der Waals surface area contributed by atoms with Gasteiger partial charge in [-0.1, -0.05) is 0 Å². The summed E-state index contributed by atoms with van der Waals surface area (Å²) in [6, 6.07) is -0.832. The molecule has 14 heavy (non-hydrogen) atoms. The minimum absolute atomic E-state index is 0.232. The second-order valence-corrected chi connectivity index (χ2v) is 3.90. The Kier molecular flexibility index (Phi) is 3.10. The summed E-state index contributed by atoms with van der Waals surface area (Å²) in [4.78, 5) is 22.2. The predicted molar refractivity (Wildman–Crippen MR) is 50.9 cm³/mol. The first kappa shape index (κ1) is 11.0. The summed E-state index contributed by atoms with van der Waals surface area (Å²) in [7, 11) is 0. The van der Waals surface area contributed by atoms with Gasteiger partial charge in [0.05, 0.1) is 5.54 Å². The van der Waals surface area contributed by atoms with Gasteiger partial charge in [-0.2, -0.15) is 0 Å². The topological polar surface area (TPSA) is 78.4 Å². The minimum Gasteiger partial charge on any atom is -0.480 e. The molecule has 2 atom stereocenters. The molecular weight excluding hydrogens is 184 g/mol. The van der Waals surface area contributed by atoms with Crippen LogP contribution in [0.2, 0.25) is 0 Å². The molecule has 5 nitrogen and oxygen atoms in total. The van der Waals surface area contributed by atoms with Gasteiger partial charge in [0.2, 0.25) is 5.91 Å². The molecule has 0 aliphatic carbocycles. The molecule has 0 spiro atoms. The Morgan fingerprint density at radius 2 is 2.21 bits per heavy atom. The van der Waals surface area contributed by atoms with Crippen molar-refractivity contribution in [1.82, 2.24) is 10.6 Å². The molecule has 0 radical (unpaired) electrons. The third-order valence-electron chi connectivity index (χ3n) is 2.59. The first-order valence-corrected chi connectivity index (χ1v) is 4.74. The number of hydrogen-bond acceptors (Lipinski definition) is 3. The van der Waals surface area contributed by atoms with Crippen LogP contribution in [0.1, 0.15) is 26.7 Å². The Bertz CT molecular complexity index is 246. The lowest BCUT2D eigenvalue weighted by molar-refractivity contribution is -0.142. The van der Waals surface area contributed by atoms with Gasteiger partial charge in [0.1, 0.15) is 6.04 Å². The number of amides is 1. The van der Waals surface area contributed by atoms with Crippen LogP contribution in [-0.2, 0) is 9.59 Å². The van der Waals surface area contributed by atoms with E-state index in [2.05, 4.69) is 10.6 Å². The monoisotopic (exact) mass is 200 g/mol. The smallest absolute Gasteiger partial charge is 0.325 e. The van der Waals surface area contributed by atoms with Gasteiger partial charge >= 0.3 is 5.97 Å². The fraction of sp³-hybridized carbons (Fsp3) is 0.778. The minimum atomic E-state index is -1.01. The van der Waals surface area contributed by atoms with Crippen molar-refractivity contribution in [2.24, 2.45) is 0 Å². The second kappa shape index (κ2) is 3.96. The van der Waals surface area contributed by atoms with Crippen molar-refractivity contribution >= 4 is 11.9 Å². The number of aliphatic carboxylic acids is 1. The van der Waals surface area contributed by atoms with Crippen LogP contribution < -0.4 is 10.6 Å². The quantitative estimate of drug-likeness (QED) is 0.585. The number of rotatable bonds is 3. The average molecular weight is 200 g/mol. The van der Waals surface area contributed by atoms with Crippen molar-refractivity contribution in [1.29, 1.82) is 0 Å². The van der Waals surface area contributed by atoms with E-state index in [1.54, 1.807) is 6.92 Å². The number of carbonyl (C=O) groups is 2. The molecule has 1 aliphatic rings. The molecule has 1 unspecified atom stereocenters. The van der Waals surface area contributed by atoms with E-state index in [9.17, 15) is 9.59 Å². The van der Waals surface area contributed by atoms with Crippen molar-refractivity contribution in [3.8, 4) is 0 Å². The molecule has 0 aromatic rings. The van der Waals surface area contributed by atoms with Gasteiger partial charge in [0.25, 0.3) is 0 Å². The zero-order valence-electron chi connectivity index (χ0n) is 8.46. The third-order valence-corrected chi connectivity index (χ3v) is 2.59. The van der Waals surface area contributed by atoms with Crippen LogP contribution in [0.5, 0.6) is 0 Å². The molecule has 1 heterocycles. The second-order valence-electron chi connectivity index (χ2n) is 3.90. The maximum atomic E-state index is 11.6. The molecule has 5 heteroatoms. The van der Waals surface area contributed by atoms with Gasteiger partial charge in [0.15, 0.2) is 0 Å². The molecule has 1 aliphatic heterocycles. The Hall–Kier alpha value is -1.10. The van der Waals surface area contributed by atoms with Gasteiger partial charge in [-0.25, -0.2) is 0 Å². The van der Waals surface area contributed by atoms with Crippen LogP contribution >= 0.6 is 0 Å². The van der Waals surface area contributed by atoms with E-state index in [4.69, 9.17) is 5.11 Å². The average Bonchev–Trinajstić information content (AvgIpc) is 2.53. The molecule has 0 aromatic heterocycles. The normalized spacial score (nSPS) is 28.4. The van der Waals surface area contributed by atoms with Gasteiger partial charge in [-0.05, 0) is 33.2 Å². The highest BCUT2D eigenvalue weighted by atomic mass is 16.4. The molecule has 0 bridgehead atoms. The van der Waals surface area contributed by atoms with E-state index in [1.165, 1.54) is 6.92 Å². The Labute approximate surface area is 82.9 Å². The van der Waals surface area contributed by atoms with Crippen LogP contribution in [0.15, 0.2) is 0 Å². The van der Waals surface area contributed by atoms with Gasteiger partial charge < -0.3 is 15.7 Å². The molecule has 1 amide bonds. The highest BCUT2D eigenvalue weighted by Crippen LogP contribution is 2.18. The fourth-order valence-electron chi connectivity index (χ4n) is 1.51. The van der Waals surface area contributed by atoms with Gasteiger partial charge in [-0.15, -0.1) is 0 Å². The SMILES string of the molecule is C[C@@H](NC(=O)C1(C)CCCN1)C(=O)O. The number of carboxylic acids is 1. The van der Waals surface area contributed by atoms with Crippen molar-refractivity contribution in [2.45, 2.75) is 38.3 Å². The van der Waals surface area contributed by atoms with E-state index < -0.39 is 17.6 Å². The van der Waals surface area contributed by atoms with E-state index in [1.807, 2.05) is 0 Å². The van der Waals surface area contributed by atoms with Crippen LogP contribution in [0, 0.1) is 0 Å². The largest absolute Gasteiger partial charge is 0.480 e. The molecule has 1 saturated heterocycles. The van der Waals surface area contributed by atoms with Gasteiger partial charge in [0, 0.05) is 0 Å². The highest BCUT2D eigenvalue weighted by Gasteiger charge is 2.36. The van der Waals surface area contributed by atoms with Crippen LogP contribution in [-0.4, -0.2) is 35.1 Å². The first-order valence-electron chi connectivity index (χ1n) is 4.74. The van der Waals surface area contributed by atoms with E-state index >= 15 is 0 Å². The third kappa shape index (κ3) is 2.23. The van der Waals surface area contributed by atoms with E-state index in [-0.39, 0.29) is 5.91 Å². The summed E-state index contributed by atoms with van der Waals surface area (Å²) in [5, 5.41) is 14.2. The summed E-state index contributed by atoms with van der Waals surface area (Å²) < 4.78 is 0. The lowest BCUT2D eigenvalue weighted by atomic mass is 9.99. The zero-order chi connectivity index (χ0) is 10.8. The lowest BCUT2D eigenvalue weighted by Gasteiger charge is -2.24. The van der Waals surface area contributed by atoms with Crippen molar-refractivity contribution < 1.29 is 14.7 Å². The number of carbonyl (C=O) groups excluding carboxylic acids is 1. The Balaban J connectivity index is 2.53. The number of hydrogen-bond donors (Lipinski definition) is 3. The lowest BCUT2D eigenvalue weighted by Crippen LogP contribution is -2.54. The molecule has 1 fully saturated rings. The molecule has 1 rings (SSSR count). The summed E-state index contributed by atoms with van der Waals surface area (Å²) in [5.74, 6) is -1.25. The maximum Gasteiger partial charge on any atom is 0.325 e.